The molecule has 0 saturated carbocycles. The van der Waals surface area contributed by atoms with Gasteiger partial charge in [-0.25, -0.2) is 9.50 Å². The average Bonchev–Trinajstić information content (AvgIpc) is 3.12. The summed E-state index contributed by atoms with van der Waals surface area (Å²) in [5.41, 5.74) is 3.70. The molecule has 130 valence electrons. The molecular weight excluding hydrogens is 326 g/mol. The summed E-state index contributed by atoms with van der Waals surface area (Å²) < 4.78 is 7.30. The molecule has 0 saturated heterocycles. The number of ether oxygens (including phenoxy) is 1. The van der Waals surface area contributed by atoms with Gasteiger partial charge in [-0.3, -0.25) is 4.98 Å². The molecule has 3 aromatic heterocycles. The van der Waals surface area contributed by atoms with Crippen molar-refractivity contribution in [1.29, 1.82) is 0 Å². The number of nitrogens with zero attached hydrogens (tertiary/aromatic N) is 4. The zero-order chi connectivity index (χ0) is 17.8. The van der Waals surface area contributed by atoms with Gasteiger partial charge in [-0.15, -0.1) is 5.10 Å². The molecule has 1 aromatic carbocycles. The maximum atomic E-state index is 5.47. The average molecular weight is 345 g/mol. The largest absolute Gasteiger partial charge is 0.496 e. The van der Waals surface area contributed by atoms with Gasteiger partial charge in [0.15, 0.2) is 5.65 Å². The van der Waals surface area contributed by atoms with E-state index in [2.05, 4.69) is 20.4 Å². The minimum Gasteiger partial charge on any atom is -0.496 e. The molecule has 0 fully saturated rings. The summed E-state index contributed by atoms with van der Waals surface area (Å²) in [4.78, 5) is 8.78. The molecule has 6 nitrogen and oxygen atoms in total. The number of aromatic nitrogens is 4. The summed E-state index contributed by atoms with van der Waals surface area (Å²) in [5.74, 6) is 1.59. The lowest BCUT2D eigenvalue weighted by Gasteiger charge is -2.09. The predicted molar refractivity (Wildman–Crippen MR) is 101 cm³/mol. The predicted octanol–water partition coefficient (Wildman–Crippen LogP) is 3.45. The van der Waals surface area contributed by atoms with Crippen LogP contribution >= 0.6 is 0 Å². The summed E-state index contributed by atoms with van der Waals surface area (Å²) in [6, 6.07) is 17.7. The van der Waals surface area contributed by atoms with Gasteiger partial charge < -0.3 is 10.1 Å². The van der Waals surface area contributed by atoms with Crippen molar-refractivity contribution in [2.45, 2.75) is 6.42 Å². The molecule has 0 atom stereocenters. The Labute approximate surface area is 151 Å². The van der Waals surface area contributed by atoms with Crippen LogP contribution in [0.15, 0.2) is 67.0 Å². The van der Waals surface area contributed by atoms with Crippen molar-refractivity contribution in [2.24, 2.45) is 0 Å². The fourth-order valence-electron chi connectivity index (χ4n) is 2.87. The van der Waals surface area contributed by atoms with Gasteiger partial charge in [-0.05, 0) is 36.4 Å². The first kappa shape index (κ1) is 16.1. The van der Waals surface area contributed by atoms with Crippen molar-refractivity contribution in [1.82, 2.24) is 19.6 Å². The van der Waals surface area contributed by atoms with E-state index in [1.165, 1.54) is 0 Å². The number of hydrogen-bond acceptors (Lipinski definition) is 5. The van der Waals surface area contributed by atoms with Gasteiger partial charge in [0.1, 0.15) is 11.6 Å². The lowest BCUT2D eigenvalue weighted by molar-refractivity contribution is 0.416. The maximum absolute atomic E-state index is 5.47. The van der Waals surface area contributed by atoms with Crippen molar-refractivity contribution < 1.29 is 4.74 Å². The van der Waals surface area contributed by atoms with E-state index < -0.39 is 0 Å². The monoisotopic (exact) mass is 345 g/mol. The molecule has 3 heterocycles. The zero-order valence-electron chi connectivity index (χ0n) is 14.5. The molecule has 1 N–H and O–H groups in total. The highest BCUT2D eigenvalue weighted by atomic mass is 16.5. The number of benzene rings is 1. The van der Waals surface area contributed by atoms with Crippen LogP contribution in [0.2, 0.25) is 0 Å². The Morgan fingerprint density at radius 2 is 1.88 bits per heavy atom. The highest BCUT2D eigenvalue weighted by Gasteiger charge is 2.12. The van der Waals surface area contributed by atoms with E-state index in [1.54, 1.807) is 7.11 Å². The third-order valence-corrected chi connectivity index (χ3v) is 4.16. The van der Waals surface area contributed by atoms with Crippen molar-refractivity contribution in [3.05, 3.63) is 72.7 Å². The van der Waals surface area contributed by atoms with Crippen LogP contribution in [0.1, 0.15) is 5.69 Å². The number of anilines is 1. The Balaban J connectivity index is 1.58. The third-order valence-electron chi connectivity index (χ3n) is 4.16. The minimum absolute atomic E-state index is 0.758. The number of nitrogens with one attached hydrogen (secondary N) is 1. The molecule has 0 aliphatic carbocycles. The van der Waals surface area contributed by atoms with Crippen LogP contribution in [0.4, 0.5) is 5.82 Å². The minimum atomic E-state index is 0.758. The van der Waals surface area contributed by atoms with E-state index in [0.29, 0.717) is 0 Å². The van der Waals surface area contributed by atoms with Gasteiger partial charge in [0, 0.05) is 30.4 Å². The quantitative estimate of drug-likeness (QED) is 0.580. The molecule has 0 amide bonds. The van der Waals surface area contributed by atoms with Gasteiger partial charge in [-0.2, -0.15) is 0 Å². The molecule has 0 bridgehead atoms. The van der Waals surface area contributed by atoms with Gasteiger partial charge in [0.2, 0.25) is 0 Å². The third kappa shape index (κ3) is 3.21. The Morgan fingerprint density at radius 1 is 1.00 bits per heavy atom. The van der Waals surface area contributed by atoms with E-state index >= 15 is 0 Å². The number of imidazole rings is 1. The van der Waals surface area contributed by atoms with E-state index in [-0.39, 0.29) is 0 Å². The summed E-state index contributed by atoms with van der Waals surface area (Å²) >= 11 is 0. The lowest BCUT2D eigenvalue weighted by Crippen LogP contribution is -2.09. The molecule has 0 unspecified atom stereocenters. The van der Waals surface area contributed by atoms with Gasteiger partial charge in [0.25, 0.3) is 0 Å². The van der Waals surface area contributed by atoms with Crippen LogP contribution in [0.3, 0.4) is 0 Å². The summed E-state index contributed by atoms with van der Waals surface area (Å²) in [5, 5.41) is 8.04. The van der Waals surface area contributed by atoms with Crippen LogP contribution in [0, 0.1) is 0 Å². The van der Waals surface area contributed by atoms with Crippen LogP contribution in [0.25, 0.3) is 16.9 Å². The van der Waals surface area contributed by atoms with Gasteiger partial charge in [-0.1, -0.05) is 18.2 Å². The number of pyridine rings is 1. The maximum Gasteiger partial charge on any atom is 0.154 e. The van der Waals surface area contributed by atoms with Crippen LogP contribution in [-0.2, 0) is 6.42 Å². The second kappa shape index (κ2) is 7.23. The fraction of sp³-hybridized carbons (Fsp3) is 0.150. The van der Waals surface area contributed by atoms with Crippen molar-refractivity contribution in [2.75, 3.05) is 19.0 Å². The molecule has 0 spiro atoms. The number of rotatable bonds is 6. The van der Waals surface area contributed by atoms with Gasteiger partial charge >= 0.3 is 0 Å². The first-order chi connectivity index (χ1) is 12.8. The number of methoxy groups -OCH3 is 1. The van der Waals surface area contributed by atoms with Crippen LogP contribution in [-0.4, -0.2) is 33.2 Å². The molecule has 4 aromatic rings. The zero-order valence-corrected chi connectivity index (χ0v) is 14.5. The van der Waals surface area contributed by atoms with Crippen LogP contribution in [0.5, 0.6) is 5.75 Å². The Morgan fingerprint density at radius 3 is 2.73 bits per heavy atom. The molecule has 0 radical (unpaired) electrons. The van der Waals surface area contributed by atoms with Crippen LogP contribution < -0.4 is 10.1 Å². The lowest BCUT2D eigenvalue weighted by atomic mass is 10.1. The standard InChI is InChI=1S/C20H19N5O/c1-26-18-8-3-2-7-16(18)17-14-23-20-10-9-19(24-25(17)20)22-13-11-15-6-4-5-12-21-15/h2-10,12,14H,11,13H2,1H3,(H,22,24). The van der Waals surface area contributed by atoms with E-state index in [1.807, 2.05) is 71.5 Å². The highest BCUT2D eigenvalue weighted by molar-refractivity contribution is 5.69. The van der Waals surface area contributed by atoms with E-state index in [0.717, 1.165) is 47.1 Å². The van der Waals surface area contributed by atoms with Crippen molar-refractivity contribution in [3.63, 3.8) is 0 Å². The second-order valence-electron chi connectivity index (χ2n) is 5.83. The highest BCUT2D eigenvalue weighted by Crippen LogP contribution is 2.29. The first-order valence-corrected chi connectivity index (χ1v) is 8.47. The summed E-state index contributed by atoms with van der Waals surface area (Å²) in [7, 11) is 1.67. The molecule has 4 rings (SSSR count). The van der Waals surface area contributed by atoms with Crippen molar-refractivity contribution in [3.8, 4) is 17.0 Å². The molecule has 26 heavy (non-hydrogen) atoms. The topological polar surface area (TPSA) is 64.3 Å². The number of fused-ring (bicyclic) bond motifs is 1. The normalized spacial score (nSPS) is 10.8. The molecule has 6 heteroatoms. The Bertz CT molecular complexity index is 1010. The number of hydrogen-bond donors (Lipinski definition) is 1. The SMILES string of the molecule is COc1ccccc1-c1cnc2ccc(NCCc3ccccn3)nn12. The second-order valence-corrected chi connectivity index (χ2v) is 5.83. The molecule has 0 aliphatic heterocycles. The van der Waals surface area contributed by atoms with E-state index in [4.69, 9.17) is 4.74 Å². The number of para-hydroxylation sites is 1. The smallest absolute Gasteiger partial charge is 0.154 e. The molecular formula is C20H19N5O. The summed E-state index contributed by atoms with van der Waals surface area (Å²) in [6.07, 6.45) is 4.46. The summed E-state index contributed by atoms with van der Waals surface area (Å²) in [6.45, 7) is 0.758. The Kier molecular flexibility index (Phi) is 4.47. The first-order valence-electron chi connectivity index (χ1n) is 8.47. The van der Waals surface area contributed by atoms with Crippen molar-refractivity contribution >= 4 is 11.5 Å². The fourth-order valence-corrected chi connectivity index (χ4v) is 2.87. The Hall–Kier alpha value is -3.41. The van der Waals surface area contributed by atoms with E-state index in [9.17, 15) is 0 Å². The molecule has 0 aliphatic rings. The van der Waals surface area contributed by atoms with Gasteiger partial charge in [0.05, 0.1) is 19.0 Å².